The molecule has 0 aromatic heterocycles. The Morgan fingerprint density at radius 2 is 1.95 bits per heavy atom. The lowest BCUT2D eigenvalue weighted by atomic mass is 9.96. The SMILES string of the molecule is CCOC(=O)N1C=CC(c2cccc(C(F)(F)F)c2)C=C1. The number of carbonyl (C=O) groups excluding carboxylic acids is 1. The van der Waals surface area contributed by atoms with Crippen LogP contribution in [0.2, 0.25) is 0 Å². The summed E-state index contributed by atoms with van der Waals surface area (Å²) in [5.74, 6) is -0.307. The third kappa shape index (κ3) is 3.65. The number of amides is 1. The fraction of sp³-hybridized carbons (Fsp3) is 0.267. The van der Waals surface area contributed by atoms with Crippen molar-refractivity contribution in [1.29, 1.82) is 0 Å². The van der Waals surface area contributed by atoms with E-state index in [0.717, 1.165) is 12.1 Å². The fourth-order valence-electron chi connectivity index (χ4n) is 1.95. The van der Waals surface area contributed by atoms with E-state index >= 15 is 0 Å². The summed E-state index contributed by atoms with van der Waals surface area (Å²) >= 11 is 0. The normalized spacial score (nSPS) is 15.3. The first-order chi connectivity index (χ1) is 9.91. The number of hydrogen-bond acceptors (Lipinski definition) is 2. The van der Waals surface area contributed by atoms with Crippen LogP contribution in [0.5, 0.6) is 0 Å². The number of allylic oxidation sites excluding steroid dienone is 2. The predicted molar refractivity (Wildman–Crippen MR) is 71.3 cm³/mol. The number of halogens is 3. The number of carbonyl (C=O) groups is 1. The van der Waals surface area contributed by atoms with Crippen LogP contribution in [0.3, 0.4) is 0 Å². The molecule has 1 aliphatic heterocycles. The van der Waals surface area contributed by atoms with Gasteiger partial charge in [0.2, 0.25) is 0 Å². The van der Waals surface area contributed by atoms with Crippen molar-refractivity contribution in [2.75, 3.05) is 6.61 Å². The topological polar surface area (TPSA) is 29.5 Å². The van der Waals surface area contributed by atoms with Gasteiger partial charge in [-0.1, -0.05) is 30.4 Å². The minimum Gasteiger partial charge on any atom is -0.449 e. The molecule has 0 bridgehead atoms. The fourth-order valence-corrected chi connectivity index (χ4v) is 1.95. The molecule has 3 nitrogen and oxygen atoms in total. The molecule has 1 aromatic rings. The van der Waals surface area contributed by atoms with Crippen molar-refractivity contribution < 1.29 is 22.7 Å². The van der Waals surface area contributed by atoms with Crippen LogP contribution in [0.4, 0.5) is 18.0 Å². The van der Waals surface area contributed by atoms with Crippen molar-refractivity contribution in [3.63, 3.8) is 0 Å². The molecule has 112 valence electrons. The van der Waals surface area contributed by atoms with Gasteiger partial charge in [-0.2, -0.15) is 13.2 Å². The minimum absolute atomic E-state index is 0.258. The number of hydrogen-bond donors (Lipinski definition) is 0. The number of ether oxygens (including phenoxy) is 1. The Morgan fingerprint density at radius 1 is 1.29 bits per heavy atom. The van der Waals surface area contributed by atoms with Gasteiger partial charge in [0.1, 0.15) is 0 Å². The van der Waals surface area contributed by atoms with Crippen molar-refractivity contribution in [2.45, 2.75) is 19.0 Å². The monoisotopic (exact) mass is 297 g/mol. The van der Waals surface area contributed by atoms with Crippen molar-refractivity contribution >= 4 is 6.09 Å². The largest absolute Gasteiger partial charge is 0.449 e. The van der Waals surface area contributed by atoms with Crippen LogP contribution in [0.15, 0.2) is 48.8 Å². The van der Waals surface area contributed by atoms with E-state index < -0.39 is 17.8 Å². The molecule has 6 heteroatoms. The number of nitrogens with zero attached hydrogens (tertiary/aromatic N) is 1. The van der Waals surface area contributed by atoms with Gasteiger partial charge in [-0.15, -0.1) is 0 Å². The molecule has 0 aliphatic carbocycles. The first-order valence-electron chi connectivity index (χ1n) is 6.40. The van der Waals surface area contributed by atoms with Gasteiger partial charge in [-0.3, -0.25) is 4.90 Å². The maximum absolute atomic E-state index is 12.7. The first kappa shape index (κ1) is 15.2. The van der Waals surface area contributed by atoms with E-state index in [2.05, 4.69) is 0 Å². The predicted octanol–water partition coefficient (Wildman–Crippen LogP) is 4.29. The van der Waals surface area contributed by atoms with E-state index in [1.165, 1.54) is 23.4 Å². The highest BCUT2D eigenvalue weighted by atomic mass is 19.4. The van der Waals surface area contributed by atoms with Crippen LogP contribution < -0.4 is 0 Å². The Bertz CT molecular complexity index is 565. The summed E-state index contributed by atoms with van der Waals surface area (Å²) in [6, 6.07) is 5.14. The summed E-state index contributed by atoms with van der Waals surface area (Å²) in [5.41, 5.74) is -0.171. The molecule has 0 saturated carbocycles. The molecule has 0 radical (unpaired) electrons. The smallest absolute Gasteiger partial charge is 0.417 e. The molecule has 1 aliphatic rings. The Hall–Kier alpha value is -2.24. The molecule has 1 aromatic carbocycles. The molecule has 1 amide bonds. The summed E-state index contributed by atoms with van der Waals surface area (Å²) in [5, 5.41) is 0. The van der Waals surface area contributed by atoms with Crippen molar-refractivity contribution in [2.24, 2.45) is 0 Å². The van der Waals surface area contributed by atoms with Crippen molar-refractivity contribution in [3.05, 3.63) is 59.9 Å². The standard InChI is InChI=1S/C15H14F3NO2/c1-2-21-14(20)19-8-6-11(7-9-19)12-4-3-5-13(10-12)15(16,17)18/h3-11H,2H2,1H3. The Labute approximate surface area is 120 Å². The summed E-state index contributed by atoms with van der Waals surface area (Å²) in [6.45, 7) is 1.95. The van der Waals surface area contributed by atoms with Gasteiger partial charge in [0.15, 0.2) is 0 Å². The number of alkyl halides is 3. The molecular weight excluding hydrogens is 283 g/mol. The van der Waals surface area contributed by atoms with E-state index in [1.807, 2.05) is 0 Å². The molecule has 0 unspecified atom stereocenters. The molecule has 1 heterocycles. The Balaban J connectivity index is 2.14. The van der Waals surface area contributed by atoms with E-state index in [-0.39, 0.29) is 12.5 Å². The number of rotatable bonds is 2. The van der Waals surface area contributed by atoms with E-state index in [4.69, 9.17) is 4.74 Å². The third-order valence-corrected chi connectivity index (χ3v) is 2.99. The van der Waals surface area contributed by atoms with Gasteiger partial charge in [-0.05, 0) is 18.6 Å². The molecule has 0 fully saturated rings. The molecule has 0 spiro atoms. The van der Waals surface area contributed by atoms with Crippen LogP contribution in [-0.2, 0) is 10.9 Å². The van der Waals surface area contributed by atoms with E-state index in [9.17, 15) is 18.0 Å². The highest BCUT2D eigenvalue weighted by molar-refractivity contribution is 5.70. The van der Waals surface area contributed by atoms with Gasteiger partial charge in [0.05, 0.1) is 12.2 Å². The van der Waals surface area contributed by atoms with Gasteiger partial charge in [0.25, 0.3) is 0 Å². The van der Waals surface area contributed by atoms with Crippen LogP contribution in [-0.4, -0.2) is 17.6 Å². The second-order valence-corrected chi connectivity index (χ2v) is 4.44. The maximum Gasteiger partial charge on any atom is 0.417 e. The second kappa shape index (κ2) is 6.03. The quantitative estimate of drug-likeness (QED) is 0.815. The third-order valence-electron chi connectivity index (χ3n) is 2.99. The Morgan fingerprint density at radius 3 is 2.52 bits per heavy atom. The second-order valence-electron chi connectivity index (χ2n) is 4.44. The zero-order valence-corrected chi connectivity index (χ0v) is 11.3. The van der Waals surface area contributed by atoms with E-state index in [1.54, 1.807) is 25.1 Å². The van der Waals surface area contributed by atoms with E-state index in [0.29, 0.717) is 5.56 Å². The number of benzene rings is 1. The van der Waals surface area contributed by atoms with Gasteiger partial charge >= 0.3 is 12.3 Å². The molecular formula is C15H14F3NO2. The minimum atomic E-state index is -4.37. The summed E-state index contributed by atoms with van der Waals surface area (Å²) in [6.07, 6.45) is 1.38. The summed E-state index contributed by atoms with van der Waals surface area (Å²) < 4.78 is 42.9. The lowest BCUT2D eigenvalue weighted by molar-refractivity contribution is -0.137. The summed E-state index contributed by atoms with van der Waals surface area (Å²) in [7, 11) is 0. The van der Waals surface area contributed by atoms with Crippen molar-refractivity contribution in [1.82, 2.24) is 4.90 Å². The lowest BCUT2D eigenvalue weighted by Crippen LogP contribution is -2.23. The first-order valence-corrected chi connectivity index (χ1v) is 6.40. The zero-order chi connectivity index (χ0) is 15.5. The molecule has 0 N–H and O–H groups in total. The van der Waals surface area contributed by atoms with Gasteiger partial charge < -0.3 is 4.74 Å². The Kier molecular flexibility index (Phi) is 4.35. The van der Waals surface area contributed by atoms with Crippen LogP contribution >= 0.6 is 0 Å². The van der Waals surface area contributed by atoms with Crippen LogP contribution in [0.1, 0.15) is 24.0 Å². The molecule has 0 atom stereocenters. The van der Waals surface area contributed by atoms with Gasteiger partial charge in [0, 0.05) is 18.3 Å². The van der Waals surface area contributed by atoms with Crippen molar-refractivity contribution in [3.8, 4) is 0 Å². The van der Waals surface area contributed by atoms with Gasteiger partial charge in [-0.25, -0.2) is 4.79 Å². The molecule has 0 saturated heterocycles. The molecule has 21 heavy (non-hydrogen) atoms. The lowest BCUT2D eigenvalue weighted by Gasteiger charge is -2.20. The zero-order valence-electron chi connectivity index (χ0n) is 11.3. The maximum atomic E-state index is 12.7. The highest BCUT2D eigenvalue weighted by Gasteiger charge is 2.30. The summed E-state index contributed by atoms with van der Waals surface area (Å²) in [4.78, 5) is 12.7. The highest BCUT2D eigenvalue weighted by Crippen LogP contribution is 2.32. The molecule has 2 rings (SSSR count). The average molecular weight is 297 g/mol. The van der Waals surface area contributed by atoms with Crippen LogP contribution in [0.25, 0.3) is 0 Å². The average Bonchev–Trinajstić information content (AvgIpc) is 2.47. The van der Waals surface area contributed by atoms with Crippen LogP contribution in [0, 0.1) is 0 Å².